The van der Waals surface area contributed by atoms with Gasteiger partial charge in [-0.15, -0.1) is 0 Å². The van der Waals surface area contributed by atoms with Crippen molar-refractivity contribution < 1.29 is 14.4 Å². The van der Waals surface area contributed by atoms with Gasteiger partial charge < -0.3 is 16.0 Å². The van der Waals surface area contributed by atoms with Crippen LogP contribution < -0.4 is 16.0 Å². The van der Waals surface area contributed by atoms with E-state index in [4.69, 9.17) is 0 Å². The van der Waals surface area contributed by atoms with Crippen LogP contribution >= 0.6 is 0 Å². The van der Waals surface area contributed by atoms with Crippen molar-refractivity contribution in [3.63, 3.8) is 0 Å². The van der Waals surface area contributed by atoms with E-state index in [1.54, 1.807) is 18.2 Å². The number of carbonyl (C=O) groups excluding carboxylic acids is 3. The van der Waals surface area contributed by atoms with Gasteiger partial charge in [0.05, 0.1) is 16.7 Å². The van der Waals surface area contributed by atoms with Gasteiger partial charge in [-0.3, -0.25) is 14.4 Å². The number of carbonyl (C=O) groups is 3. The van der Waals surface area contributed by atoms with Crippen LogP contribution in [-0.4, -0.2) is 35.8 Å². The van der Waals surface area contributed by atoms with Crippen molar-refractivity contribution >= 4 is 17.7 Å². The minimum atomic E-state index is -0.289. The number of hydrogen-bond acceptors (Lipinski definition) is 3. The summed E-state index contributed by atoms with van der Waals surface area (Å²) >= 11 is 0. The molecule has 0 atom stereocenters. The second-order valence-corrected chi connectivity index (χ2v) is 13.7. The minimum Gasteiger partial charge on any atom is -0.349 e. The SMILES string of the molecule is CCCC1CCC(NC(=O)c2cccc(C(=O)NC3CCC(CCC)CC3)c2C(=O)NC2CCC(CCC)CC2)CC1. The first-order chi connectivity index (χ1) is 20.4. The third-order valence-electron chi connectivity index (χ3n) is 10.4. The van der Waals surface area contributed by atoms with Crippen LogP contribution in [0.1, 0.15) is 167 Å². The molecule has 3 saturated carbocycles. The van der Waals surface area contributed by atoms with Gasteiger partial charge in [0.15, 0.2) is 0 Å². The summed E-state index contributed by atoms with van der Waals surface area (Å²) in [5.74, 6) is 1.48. The van der Waals surface area contributed by atoms with Crippen molar-refractivity contribution in [3.05, 3.63) is 34.9 Å². The molecule has 234 valence electrons. The summed E-state index contributed by atoms with van der Waals surface area (Å²) in [4.78, 5) is 41.3. The van der Waals surface area contributed by atoms with Crippen LogP contribution in [0.2, 0.25) is 0 Å². The van der Waals surface area contributed by atoms with Gasteiger partial charge in [-0.25, -0.2) is 0 Å². The lowest BCUT2D eigenvalue weighted by Crippen LogP contribution is -2.43. The third-order valence-corrected chi connectivity index (χ3v) is 10.4. The Morgan fingerprint density at radius 2 is 0.833 bits per heavy atom. The van der Waals surface area contributed by atoms with E-state index < -0.39 is 0 Å². The first-order valence-corrected chi connectivity index (χ1v) is 17.5. The van der Waals surface area contributed by atoms with Crippen molar-refractivity contribution in [1.82, 2.24) is 16.0 Å². The highest BCUT2D eigenvalue weighted by Gasteiger charge is 2.31. The summed E-state index contributed by atoms with van der Waals surface area (Å²) in [5, 5.41) is 9.70. The standard InChI is InChI=1S/C36H57N3O3/c1-4-8-25-13-19-28(20-14-25)37-34(40)31-11-7-12-32(35(41)38-29-21-15-26(9-5-2)16-22-29)33(31)36(42)39-30-23-17-27(10-6-3)18-24-30/h7,11-12,25-30H,4-6,8-10,13-24H2,1-3H3,(H,37,40)(H,38,41)(H,39,42). The van der Waals surface area contributed by atoms with Gasteiger partial charge in [0, 0.05) is 18.1 Å². The Morgan fingerprint density at radius 1 is 0.524 bits per heavy atom. The summed E-state index contributed by atoms with van der Waals surface area (Å²) in [7, 11) is 0. The van der Waals surface area contributed by atoms with E-state index in [1.165, 1.54) is 38.5 Å². The van der Waals surface area contributed by atoms with E-state index in [-0.39, 0.29) is 41.4 Å². The van der Waals surface area contributed by atoms with Gasteiger partial charge in [0.2, 0.25) is 0 Å². The summed E-state index contributed by atoms with van der Waals surface area (Å²) in [6.45, 7) is 6.70. The molecule has 0 aliphatic heterocycles. The highest BCUT2D eigenvalue weighted by molar-refractivity contribution is 6.14. The Hall–Kier alpha value is -2.37. The maximum atomic E-state index is 13.9. The lowest BCUT2D eigenvalue weighted by molar-refractivity contribution is 0.0872. The summed E-state index contributed by atoms with van der Waals surface area (Å²) in [6, 6.07) is 5.51. The fourth-order valence-corrected chi connectivity index (χ4v) is 7.97. The second-order valence-electron chi connectivity index (χ2n) is 13.7. The molecule has 6 nitrogen and oxygen atoms in total. The smallest absolute Gasteiger partial charge is 0.253 e. The fourth-order valence-electron chi connectivity index (χ4n) is 7.97. The first-order valence-electron chi connectivity index (χ1n) is 17.5. The number of rotatable bonds is 12. The lowest BCUT2D eigenvalue weighted by atomic mass is 9.83. The molecule has 0 unspecified atom stereocenters. The largest absolute Gasteiger partial charge is 0.349 e. The molecular weight excluding hydrogens is 522 g/mol. The van der Waals surface area contributed by atoms with Crippen LogP contribution in [0.15, 0.2) is 18.2 Å². The number of benzene rings is 1. The second kappa shape index (κ2) is 16.5. The molecule has 1 aromatic rings. The van der Waals surface area contributed by atoms with Crippen LogP contribution in [0.4, 0.5) is 0 Å². The summed E-state index contributed by atoms with van der Waals surface area (Å²) in [6.07, 6.45) is 19.9. The number of hydrogen-bond donors (Lipinski definition) is 3. The maximum absolute atomic E-state index is 13.9. The molecule has 3 fully saturated rings. The molecule has 42 heavy (non-hydrogen) atoms. The van der Waals surface area contributed by atoms with E-state index in [1.807, 2.05) is 0 Å². The molecular formula is C36H57N3O3. The van der Waals surface area contributed by atoms with E-state index in [9.17, 15) is 14.4 Å². The molecule has 3 aliphatic carbocycles. The molecule has 0 aromatic heterocycles. The zero-order valence-electron chi connectivity index (χ0n) is 26.6. The van der Waals surface area contributed by atoms with Crippen LogP contribution in [0, 0.1) is 17.8 Å². The molecule has 0 radical (unpaired) electrons. The van der Waals surface area contributed by atoms with Gasteiger partial charge in [0.25, 0.3) is 17.7 Å². The molecule has 3 N–H and O–H groups in total. The van der Waals surface area contributed by atoms with Gasteiger partial charge >= 0.3 is 0 Å². The first kappa shape index (κ1) is 32.5. The molecule has 6 heteroatoms. The van der Waals surface area contributed by atoms with E-state index in [0.29, 0.717) is 11.1 Å². The van der Waals surface area contributed by atoms with Crippen molar-refractivity contribution in [3.8, 4) is 0 Å². The highest BCUT2D eigenvalue weighted by atomic mass is 16.2. The molecule has 0 bridgehead atoms. The van der Waals surface area contributed by atoms with Gasteiger partial charge in [-0.05, 0) is 107 Å². The molecule has 1 aromatic carbocycles. The maximum Gasteiger partial charge on any atom is 0.253 e. The van der Waals surface area contributed by atoms with Crippen molar-refractivity contribution in [2.45, 2.75) is 154 Å². The predicted molar refractivity (Wildman–Crippen MR) is 171 cm³/mol. The Balaban J connectivity index is 1.49. The lowest BCUT2D eigenvalue weighted by Gasteiger charge is -2.31. The van der Waals surface area contributed by atoms with Crippen LogP contribution in [0.25, 0.3) is 0 Å². The topological polar surface area (TPSA) is 87.3 Å². The average Bonchev–Trinajstić information content (AvgIpc) is 3.00. The number of nitrogens with one attached hydrogen (secondary N) is 3. The highest BCUT2D eigenvalue weighted by Crippen LogP contribution is 2.31. The van der Waals surface area contributed by atoms with Gasteiger partial charge in [0.1, 0.15) is 0 Å². The molecule has 0 heterocycles. The molecule has 3 amide bonds. The Kier molecular flexibility index (Phi) is 12.8. The van der Waals surface area contributed by atoms with Crippen molar-refractivity contribution in [1.29, 1.82) is 0 Å². The summed E-state index contributed by atoms with van der Waals surface area (Å²) in [5.41, 5.74) is 0.881. The minimum absolute atomic E-state index is 0.0836. The molecule has 4 rings (SSSR count). The zero-order chi connectivity index (χ0) is 29.9. The zero-order valence-corrected chi connectivity index (χ0v) is 26.6. The van der Waals surface area contributed by atoms with Crippen LogP contribution in [0.3, 0.4) is 0 Å². The average molecular weight is 580 g/mol. The predicted octanol–water partition coefficient (Wildman–Crippen LogP) is 7.95. The Morgan fingerprint density at radius 3 is 1.14 bits per heavy atom. The Bertz CT molecular complexity index is 957. The van der Waals surface area contributed by atoms with E-state index in [2.05, 4.69) is 36.7 Å². The quantitative estimate of drug-likeness (QED) is 0.235. The summed E-state index contributed by atoms with van der Waals surface area (Å²) < 4.78 is 0. The van der Waals surface area contributed by atoms with Gasteiger partial charge in [-0.1, -0.05) is 65.4 Å². The van der Waals surface area contributed by atoms with Gasteiger partial charge in [-0.2, -0.15) is 0 Å². The monoisotopic (exact) mass is 579 g/mol. The van der Waals surface area contributed by atoms with Crippen molar-refractivity contribution in [2.75, 3.05) is 0 Å². The normalized spacial score (nSPS) is 28.1. The van der Waals surface area contributed by atoms with Crippen molar-refractivity contribution in [2.24, 2.45) is 17.8 Å². The van der Waals surface area contributed by atoms with Crippen LogP contribution in [0.5, 0.6) is 0 Å². The Labute approximate surface area is 254 Å². The molecule has 0 spiro atoms. The number of amides is 3. The molecule has 3 aliphatic rings. The fraction of sp³-hybridized carbons (Fsp3) is 0.750. The van der Waals surface area contributed by atoms with E-state index in [0.717, 1.165) is 94.8 Å². The van der Waals surface area contributed by atoms with E-state index >= 15 is 0 Å². The van der Waals surface area contributed by atoms with Crippen LogP contribution in [-0.2, 0) is 0 Å². The molecule has 0 saturated heterocycles. The third kappa shape index (κ3) is 9.07.